The summed E-state index contributed by atoms with van der Waals surface area (Å²) in [5, 5.41) is 2.83. The highest BCUT2D eigenvalue weighted by Gasteiger charge is 2.21. The van der Waals surface area contributed by atoms with Gasteiger partial charge in [0.05, 0.1) is 5.56 Å². The third-order valence-corrected chi connectivity index (χ3v) is 5.39. The summed E-state index contributed by atoms with van der Waals surface area (Å²) in [6, 6.07) is 7.70. The van der Waals surface area contributed by atoms with Gasteiger partial charge in [-0.1, -0.05) is 50.3 Å². The van der Waals surface area contributed by atoms with E-state index in [4.69, 9.17) is 11.6 Å². The van der Waals surface area contributed by atoms with Crippen LogP contribution in [0.2, 0.25) is 4.34 Å². The van der Waals surface area contributed by atoms with E-state index in [0.29, 0.717) is 6.54 Å². The van der Waals surface area contributed by atoms with E-state index < -0.39 is 0 Å². The van der Waals surface area contributed by atoms with Gasteiger partial charge < -0.3 is 5.32 Å². The number of rotatable bonds is 0. The Hall–Kier alpha value is -1.76. The first kappa shape index (κ1) is 15.1. The van der Waals surface area contributed by atoms with Gasteiger partial charge in [0.2, 0.25) is 0 Å². The highest BCUT2D eigenvalue weighted by molar-refractivity contribution is 7.16. The molecule has 22 heavy (non-hydrogen) atoms. The van der Waals surface area contributed by atoms with Crippen molar-refractivity contribution in [2.75, 3.05) is 0 Å². The van der Waals surface area contributed by atoms with Crippen molar-refractivity contribution in [2.45, 2.75) is 32.7 Å². The first-order chi connectivity index (χ1) is 10.4. The van der Waals surface area contributed by atoms with E-state index in [0.717, 1.165) is 26.6 Å². The Labute approximate surface area is 139 Å². The van der Waals surface area contributed by atoms with Gasteiger partial charge >= 0.3 is 0 Å². The molecular formula is C18H16ClNOS. The van der Waals surface area contributed by atoms with E-state index in [2.05, 4.69) is 44.0 Å². The quantitative estimate of drug-likeness (QED) is 0.716. The van der Waals surface area contributed by atoms with Crippen molar-refractivity contribution in [3.63, 3.8) is 0 Å². The highest BCUT2D eigenvalue weighted by Crippen LogP contribution is 2.35. The van der Waals surface area contributed by atoms with Crippen molar-refractivity contribution in [1.82, 2.24) is 5.32 Å². The predicted molar refractivity (Wildman–Crippen MR) is 91.6 cm³/mol. The van der Waals surface area contributed by atoms with Crippen molar-refractivity contribution < 1.29 is 4.79 Å². The van der Waals surface area contributed by atoms with E-state index in [1.54, 1.807) is 11.3 Å². The van der Waals surface area contributed by atoms with Crippen LogP contribution < -0.4 is 5.32 Å². The van der Waals surface area contributed by atoms with Crippen molar-refractivity contribution in [3.8, 4) is 11.8 Å². The number of thiophene rings is 1. The van der Waals surface area contributed by atoms with Crippen LogP contribution in [-0.4, -0.2) is 5.91 Å². The Bertz CT molecular complexity index is 818. The molecule has 1 aliphatic heterocycles. The molecule has 1 aromatic heterocycles. The molecule has 0 bridgehead atoms. The van der Waals surface area contributed by atoms with Gasteiger partial charge in [-0.3, -0.25) is 4.79 Å². The molecular weight excluding hydrogens is 314 g/mol. The zero-order chi connectivity index (χ0) is 15.9. The summed E-state index contributed by atoms with van der Waals surface area (Å²) in [6.07, 6.45) is 0. The molecule has 0 fully saturated rings. The number of halogens is 1. The van der Waals surface area contributed by atoms with Crippen LogP contribution in [0.25, 0.3) is 0 Å². The molecule has 0 aliphatic carbocycles. The third kappa shape index (κ3) is 2.77. The molecule has 0 saturated carbocycles. The van der Waals surface area contributed by atoms with Crippen molar-refractivity contribution in [2.24, 2.45) is 0 Å². The van der Waals surface area contributed by atoms with Gasteiger partial charge in [0.15, 0.2) is 0 Å². The average Bonchev–Trinajstić information content (AvgIpc) is 3.01. The lowest BCUT2D eigenvalue weighted by molar-refractivity contribution is 0.0966. The minimum atomic E-state index is -0.0257. The molecule has 0 unspecified atom stereocenters. The predicted octanol–water partition coefficient (Wildman–Crippen LogP) is 4.34. The zero-order valence-corrected chi connectivity index (χ0v) is 14.3. The van der Waals surface area contributed by atoms with E-state index >= 15 is 0 Å². The average molecular weight is 330 g/mol. The third-order valence-electron chi connectivity index (χ3n) is 3.60. The highest BCUT2D eigenvalue weighted by atomic mass is 35.5. The summed E-state index contributed by atoms with van der Waals surface area (Å²) in [4.78, 5) is 12.9. The Morgan fingerprint density at radius 2 is 1.95 bits per heavy atom. The summed E-state index contributed by atoms with van der Waals surface area (Å²) >= 11 is 7.89. The zero-order valence-electron chi connectivity index (χ0n) is 12.7. The second-order valence-electron chi connectivity index (χ2n) is 6.31. The molecule has 1 N–H and O–H groups in total. The van der Waals surface area contributed by atoms with Gasteiger partial charge in [-0.15, -0.1) is 11.3 Å². The van der Waals surface area contributed by atoms with Crippen LogP contribution in [0.5, 0.6) is 0 Å². The molecule has 2 heterocycles. The molecule has 3 rings (SSSR count). The fourth-order valence-electron chi connectivity index (χ4n) is 2.33. The van der Waals surface area contributed by atoms with E-state index in [1.807, 2.05) is 18.2 Å². The van der Waals surface area contributed by atoms with Crippen molar-refractivity contribution in [1.29, 1.82) is 0 Å². The minimum Gasteiger partial charge on any atom is -0.348 e. The van der Waals surface area contributed by atoms with Crippen LogP contribution >= 0.6 is 22.9 Å². The van der Waals surface area contributed by atoms with Gasteiger partial charge in [0.25, 0.3) is 5.91 Å². The first-order valence-electron chi connectivity index (χ1n) is 7.08. The maximum atomic E-state index is 11.7. The summed E-state index contributed by atoms with van der Waals surface area (Å²) in [7, 11) is 0. The number of fused-ring (bicyclic) bond motifs is 1. The second kappa shape index (κ2) is 5.46. The van der Waals surface area contributed by atoms with E-state index in [9.17, 15) is 4.79 Å². The van der Waals surface area contributed by atoms with Crippen LogP contribution in [0.1, 0.15) is 52.7 Å². The summed E-state index contributed by atoms with van der Waals surface area (Å²) in [5.74, 6) is 6.30. The summed E-state index contributed by atoms with van der Waals surface area (Å²) < 4.78 is 0.721. The number of carbonyl (C=O) groups excluding carboxylic acids is 1. The lowest BCUT2D eigenvalue weighted by Gasteiger charge is -2.14. The fourth-order valence-corrected chi connectivity index (χ4v) is 3.58. The molecule has 1 aliphatic rings. The van der Waals surface area contributed by atoms with Crippen LogP contribution in [0.3, 0.4) is 0 Å². The maximum absolute atomic E-state index is 11.7. The summed E-state index contributed by atoms with van der Waals surface area (Å²) in [5.41, 5.74) is 3.50. The van der Waals surface area contributed by atoms with Crippen LogP contribution in [0.15, 0.2) is 24.3 Å². The topological polar surface area (TPSA) is 29.1 Å². The van der Waals surface area contributed by atoms with Crippen LogP contribution in [-0.2, 0) is 12.0 Å². The molecule has 2 aromatic rings. The minimum absolute atomic E-state index is 0.0257. The van der Waals surface area contributed by atoms with E-state index in [1.165, 1.54) is 4.88 Å². The largest absolute Gasteiger partial charge is 0.348 e. The first-order valence-corrected chi connectivity index (χ1v) is 8.27. The number of amides is 1. The molecule has 1 amide bonds. The summed E-state index contributed by atoms with van der Waals surface area (Å²) in [6.45, 7) is 7.03. The maximum Gasteiger partial charge on any atom is 0.251 e. The van der Waals surface area contributed by atoms with Crippen LogP contribution in [0, 0.1) is 11.8 Å². The lowest BCUT2D eigenvalue weighted by atomic mass is 9.94. The van der Waals surface area contributed by atoms with E-state index in [-0.39, 0.29) is 11.3 Å². The molecule has 0 radical (unpaired) electrons. The number of hydrogen-bond donors (Lipinski definition) is 1. The Balaban J connectivity index is 1.98. The number of nitrogens with one attached hydrogen (secondary N) is 1. The smallest absolute Gasteiger partial charge is 0.251 e. The molecule has 1 aromatic carbocycles. The van der Waals surface area contributed by atoms with Gasteiger partial charge in [-0.2, -0.15) is 0 Å². The lowest BCUT2D eigenvalue weighted by Crippen LogP contribution is -2.12. The standard InChI is InChI=1S/C18H16ClNOS/c1-18(2,3)15-9-12(16(19)22-15)8-7-11-5-4-6-13-14(11)10-20-17(13)21/h4-6,9H,10H2,1-3H3,(H,20,21). The van der Waals surface area contributed by atoms with Gasteiger partial charge in [-0.25, -0.2) is 0 Å². The number of carbonyl (C=O) groups is 1. The Morgan fingerprint density at radius 3 is 2.64 bits per heavy atom. The molecule has 0 spiro atoms. The normalized spacial score (nSPS) is 13.4. The molecule has 4 heteroatoms. The van der Waals surface area contributed by atoms with Gasteiger partial charge in [0, 0.05) is 22.5 Å². The molecule has 2 nitrogen and oxygen atoms in total. The van der Waals surface area contributed by atoms with Gasteiger partial charge in [-0.05, 0) is 29.2 Å². The van der Waals surface area contributed by atoms with Crippen LogP contribution in [0.4, 0.5) is 0 Å². The van der Waals surface area contributed by atoms with Gasteiger partial charge in [0.1, 0.15) is 4.34 Å². The number of benzene rings is 1. The SMILES string of the molecule is CC(C)(C)c1cc(C#Cc2cccc3c2CNC3=O)c(Cl)s1. The van der Waals surface area contributed by atoms with Crippen molar-refractivity contribution >= 4 is 28.8 Å². The fraction of sp³-hybridized carbons (Fsp3) is 0.278. The molecule has 0 atom stereocenters. The Kier molecular flexibility index (Phi) is 3.76. The second-order valence-corrected chi connectivity index (χ2v) is 7.97. The monoisotopic (exact) mass is 329 g/mol. The van der Waals surface area contributed by atoms with Crippen molar-refractivity contribution in [3.05, 3.63) is 55.7 Å². The molecule has 0 saturated heterocycles. The Morgan fingerprint density at radius 1 is 1.23 bits per heavy atom. The molecule has 112 valence electrons. The number of hydrogen-bond acceptors (Lipinski definition) is 2.